The summed E-state index contributed by atoms with van der Waals surface area (Å²) in [6, 6.07) is 10.6. The zero-order valence-electron chi connectivity index (χ0n) is 21.9. The van der Waals surface area contributed by atoms with Crippen molar-refractivity contribution in [1.82, 2.24) is 24.7 Å². The molecule has 198 valence electrons. The molecule has 1 aromatic heterocycles. The maximum Gasteiger partial charge on any atom is 0.320 e. The number of urea groups is 1. The number of hydrogen-bond acceptors (Lipinski definition) is 6. The van der Waals surface area contributed by atoms with Gasteiger partial charge in [0.2, 0.25) is 5.91 Å². The van der Waals surface area contributed by atoms with E-state index >= 15 is 0 Å². The van der Waals surface area contributed by atoms with Crippen molar-refractivity contribution >= 4 is 17.6 Å². The number of benzene rings is 1. The van der Waals surface area contributed by atoms with E-state index in [1.165, 1.54) is 11.9 Å². The number of carbonyl (C=O) groups excluding carboxylic acids is 2. The van der Waals surface area contributed by atoms with Crippen molar-refractivity contribution in [3.05, 3.63) is 54.6 Å². The second-order valence-corrected chi connectivity index (χ2v) is 11.3. The molecule has 2 heterocycles. The van der Waals surface area contributed by atoms with E-state index in [0.717, 1.165) is 44.9 Å². The van der Waals surface area contributed by atoms with Crippen LogP contribution < -0.4 is 5.32 Å². The predicted octanol–water partition coefficient (Wildman–Crippen LogP) is 3.23. The van der Waals surface area contributed by atoms with Crippen LogP contribution in [-0.4, -0.2) is 86.6 Å². The van der Waals surface area contributed by atoms with Crippen molar-refractivity contribution in [2.75, 3.05) is 39.0 Å². The van der Waals surface area contributed by atoms with Crippen LogP contribution in [0.25, 0.3) is 0 Å². The van der Waals surface area contributed by atoms with E-state index in [0.29, 0.717) is 25.3 Å². The quantitative estimate of drug-likeness (QED) is 0.570. The topological polar surface area (TPSA) is 102 Å². The highest BCUT2D eigenvalue weighted by Crippen LogP contribution is 2.50. The van der Waals surface area contributed by atoms with Gasteiger partial charge in [-0.2, -0.15) is 0 Å². The molecular weight excluding hydrogens is 468 g/mol. The lowest BCUT2D eigenvalue weighted by atomic mass is 9.67. The lowest BCUT2D eigenvalue weighted by Crippen LogP contribution is -2.59. The number of aromatic nitrogens is 2. The highest BCUT2D eigenvalue weighted by Gasteiger charge is 2.56. The first-order valence-electron chi connectivity index (χ1n) is 13.3. The molecule has 1 aromatic carbocycles. The van der Waals surface area contributed by atoms with Crippen molar-refractivity contribution in [1.29, 1.82) is 0 Å². The predicted molar refractivity (Wildman–Crippen MR) is 141 cm³/mol. The van der Waals surface area contributed by atoms with Crippen LogP contribution in [0, 0.1) is 0 Å². The van der Waals surface area contributed by atoms with Gasteiger partial charge in [-0.3, -0.25) is 9.69 Å². The van der Waals surface area contributed by atoms with Crippen LogP contribution in [0.5, 0.6) is 0 Å². The first kappa shape index (κ1) is 25.6. The van der Waals surface area contributed by atoms with Crippen LogP contribution in [0.4, 0.5) is 10.5 Å². The van der Waals surface area contributed by atoms with Crippen molar-refractivity contribution in [3.63, 3.8) is 0 Å². The maximum absolute atomic E-state index is 13.7. The number of amides is 3. The minimum atomic E-state index is -0.793. The molecule has 2 aliphatic carbocycles. The summed E-state index contributed by atoms with van der Waals surface area (Å²) >= 11 is 0. The Morgan fingerprint density at radius 2 is 1.73 bits per heavy atom. The van der Waals surface area contributed by atoms with Gasteiger partial charge in [0.1, 0.15) is 6.33 Å². The molecule has 2 N–H and O–H groups in total. The molecule has 1 aliphatic heterocycles. The van der Waals surface area contributed by atoms with E-state index in [1.807, 2.05) is 15.9 Å². The lowest BCUT2D eigenvalue weighted by molar-refractivity contribution is -0.116. The summed E-state index contributed by atoms with van der Waals surface area (Å²) in [5, 5.41) is 13.8. The fourth-order valence-corrected chi connectivity index (χ4v) is 6.45. The van der Waals surface area contributed by atoms with Crippen LogP contribution in [0.1, 0.15) is 56.9 Å². The van der Waals surface area contributed by atoms with Gasteiger partial charge in [-0.25, -0.2) is 14.8 Å². The molecule has 0 bridgehead atoms. The molecule has 3 fully saturated rings. The maximum atomic E-state index is 13.7. The highest BCUT2D eigenvalue weighted by molar-refractivity contribution is 5.90. The molecule has 5 rings (SSSR count). The fraction of sp³-hybridized carbons (Fsp3) is 0.571. The summed E-state index contributed by atoms with van der Waals surface area (Å²) in [6.45, 7) is 1.30. The lowest BCUT2D eigenvalue weighted by Gasteiger charge is -2.52. The Morgan fingerprint density at radius 3 is 2.32 bits per heavy atom. The number of nitrogens with one attached hydrogen (secondary N) is 1. The number of rotatable bonds is 8. The number of carbonyl (C=O) groups is 2. The molecule has 37 heavy (non-hydrogen) atoms. The molecule has 9 heteroatoms. The van der Waals surface area contributed by atoms with Crippen molar-refractivity contribution in [2.24, 2.45) is 0 Å². The molecule has 1 spiro atoms. The van der Waals surface area contributed by atoms with Crippen LogP contribution in [0.3, 0.4) is 0 Å². The SMILES string of the molecule is CN(C)C1(c2ccccc2)CCC2(CC1)CN(CCC(=O)Nc1cncnc1)C(=O)N2CC1(O)CCC1. The summed E-state index contributed by atoms with van der Waals surface area (Å²) < 4.78 is 0. The van der Waals surface area contributed by atoms with Gasteiger partial charge < -0.3 is 20.2 Å². The second-order valence-electron chi connectivity index (χ2n) is 11.3. The highest BCUT2D eigenvalue weighted by atomic mass is 16.3. The van der Waals surface area contributed by atoms with E-state index in [1.54, 1.807) is 12.4 Å². The minimum absolute atomic E-state index is 0.0618. The first-order chi connectivity index (χ1) is 17.8. The van der Waals surface area contributed by atoms with Gasteiger partial charge in [-0.1, -0.05) is 30.3 Å². The summed E-state index contributed by atoms with van der Waals surface area (Å²) in [4.78, 5) is 40.2. The first-order valence-corrected chi connectivity index (χ1v) is 13.3. The molecule has 9 nitrogen and oxygen atoms in total. The monoisotopic (exact) mass is 506 g/mol. The van der Waals surface area contributed by atoms with E-state index in [-0.39, 0.29) is 29.4 Å². The largest absolute Gasteiger partial charge is 0.388 e. The van der Waals surface area contributed by atoms with Gasteiger partial charge in [-0.15, -0.1) is 0 Å². The Kier molecular flexibility index (Phi) is 6.93. The average Bonchev–Trinajstić information content (AvgIpc) is 3.13. The molecule has 3 aliphatic rings. The number of β-amino-alcohol motifs (C(OH)–C–C–N with tert-alkyl or cyclic N) is 1. The molecule has 0 radical (unpaired) electrons. The van der Waals surface area contributed by atoms with Crippen molar-refractivity contribution in [2.45, 2.75) is 68.0 Å². The van der Waals surface area contributed by atoms with Crippen LogP contribution >= 0.6 is 0 Å². The van der Waals surface area contributed by atoms with Gasteiger partial charge >= 0.3 is 6.03 Å². The Labute approximate surface area is 218 Å². The van der Waals surface area contributed by atoms with E-state index in [4.69, 9.17) is 0 Å². The van der Waals surface area contributed by atoms with Gasteiger partial charge in [0.15, 0.2) is 0 Å². The molecule has 0 unspecified atom stereocenters. The van der Waals surface area contributed by atoms with Crippen LogP contribution in [0.2, 0.25) is 0 Å². The van der Waals surface area contributed by atoms with Gasteiger partial charge in [-0.05, 0) is 64.6 Å². The van der Waals surface area contributed by atoms with Crippen LogP contribution in [-0.2, 0) is 10.3 Å². The number of nitrogens with zero attached hydrogens (tertiary/aromatic N) is 5. The number of anilines is 1. The van der Waals surface area contributed by atoms with Crippen molar-refractivity contribution in [3.8, 4) is 0 Å². The molecule has 2 aromatic rings. The van der Waals surface area contributed by atoms with Gasteiger partial charge in [0.25, 0.3) is 0 Å². The third-order valence-corrected chi connectivity index (χ3v) is 8.92. The second kappa shape index (κ2) is 10.0. The smallest absolute Gasteiger partial charge is 0.320 e. The fourth-order valence-electron chi connectivity index (χ4n) is 6.45. The number of hydrogen-bond donors (Lipinski definition) is 2. The standard InChI is InChI=1S/C28H38N6O3/c1-32(2)28(22-7-4-3-5-8-22)14-12-26(13-15-28)19-33(25(36)34(26)20-27(37)10-6-11-27)16-9-24(35)31-23-17-29-21-30-18-23/h3-5,7-8,17-18,21,37H,6,9-16,19-20H2,1-2H3,(H,31,35). The molecule has 2 saturated carbocycles. The summed E-state index contributed by atoms with van der Waals surface area (Å²) in [5.74, 6) is -0.174. The summed E-state index contributed by atoms with van der Waals surface area (Å²) in [6.07, 6.45) is 10.7. The summed E-state index contributed by atoms with van der Waals surface area (Å²) in [7, 11) is 4.28. The van der Waals surface area contributed by atoms with E-state index in [9.17, 15) is 14.7 Å². The van der Waals surface area contributed by atoms with Gasteiger partial charge in [0.05, 0.1) is 35.8 Å². The molecule has 1 saturated heterocycles. The zero-order chi connectivity index (χ0) is 26.1. The molecular formula is C28H38N6O3. The Morgan fingerprint density at radius 1 is 1.05 bits per heavy atom. The van der Waals surface area contributed by atoms with Gasteiger partial charge in [0, 0.05) is 25.0 Å². The van der Waals surface area contributed by atoms with Crippen LogP contribution in [0.15, 0.2) is 49.1 Å². The molecule has 0 atom stereocenters. The Balaban J connectivity index is 1.32. The third kappa shape index (κ3) is 4.94. The zero-order valence-corrected chi connectivity index (χ0v) is 21.9. The van der Waals surface area contributed by atoms with E-state index < -0.39 is 5.60 Å². The molecule has 3 amide bonds. The summed E-state index contributed by atoms with van der Waals surface area (Å²) in [5.41, 5.74) is 0.638. The average molecular weight is 507 g/mol. The minimum Gasteiger partial charge on any atom is -0.388 e. The van der Waals surface area contributed by atoms with Crippen molar-refractivity contribution < 1.29 is 14.7 Å². The normalized spacial score (nSPS) is 27.0. The number of aliphatic hydroxyl groups is 1. The Bertz CT molecular complexity index is 1100. The Hall–Kier alpha value is -3.04. The van der Waals surface area contributed by atoms with E-state index in [2.05, 4.69) is 58.5 Å². The third-order valence-electron chi connectivity index (χ3n) is 8.92.